The van der Waals surface area contributed by atoms with E-state index in [1.165, 1.54) is 116 Å². The van der Waals surface area contributed by atoms with Gasteiger partial charge in [-0.1, -0.05) is 236 Å². The SMILES string of the molecule is CC/C=C\C/C=C\C/C=C\C/C=C\CCCCCCC(=O)OC1C(OCC(COC(=O)CCCCCCCCCCCCCCCCCCC)OC(=O)CCCCCCCCCCC)OC(C(=O)O)C(O)C1O. The lowest BCUT2D eigenvalue weighted by Gasteiger charge is -2.40. The number of carboxylic acids is 1. The Hall–Kier alpha value is -3.32. The molecule has 6 unspecified atom stereocenters. The van der Waals surface area contributed by atoms with Gasteiger partial charge in [-0.05, 0) is 57.8 Å². The average Bonchev–Trinajstić information content (AvgIpc) is 3.37. The third kappa shape index (κ3) is 39.7. The van der Waals surface area contributed by atoms with Crippen molar-refractivity contribution >= 4 is 23.9 Å². The molecule has 0 aliphatic carbocycles. The molecule has 0 bridgehead atoms. The zero-order valence-electron chi connectivity index (χ0n) is 46.4. The van der Waals surface area contributed by atoms with E-state index in [1.807, 2.05) is 0 Å². The molecule has 1 heterocycles. The van der Waals surface area contributed by atoms with E-state index in [0.717, 1.165) is 89.9 Å². The molecule has 0 radical (unpaired) electrons. The minimum atomic E-state index is -1.91. The number of carbonyl (C=O) groups excluding carboxylic acids is 3. The Bertz CT molecular complexity index is 1460. The molecular weight excluding hydrogens is 925 g/mol. The van der Waals surface area contributed by atoms with Gasteiger partial charge in [0.1, 0.15) is 18.8 Å². The van der Waals surface area contributed by atoms with Gasteiger partial charge < -0.3 is 39.0 Å². The summed E-state index contributed by atoms with van der Waals surface area (Å²) in [6, 6.07) is 0. The molecule has 3 N–H and O–H groups in total. The van der Waals surface area contributed by atoms with Crippen molar-refractivity contribution in [1.29, 1.82) is 0 Å². The number of aliphatic hydroxyl groups excluding tert-OH is 2. The molecule has 0 saturated carbocycles. The number of ether oxygens (including phenoxy) is 5. The second kappa shape index (κ2) is 49.6. The van der Waals surface area contributed by atoms with Gasteiger partial charge in [-0.3, -0.25) is 14.4 Å². The summed E-state index contributed by atoms with van der Waals surface area (Å²) in [5.41, 5.74) is 0. The highest BCUT2D eigenvalue weighted by Gasteiger charge is 2.50. The number of aliphatic hydroxyl groups is 2. The Morgan fingerprint density at radius 2 is 0.863 bits per heavy atom. The quantitative estimate of drug-likeness (QED) is 0.0228. The summed E-state index contributed by atoms with van der Waals surface area (Å²) in [6.07, 6.45) is 46.6. The van der Waals surface area contributed by atoms with Gasteiger partial charge >= 0.3 is 23.9 Å². The van der Waals surface area contributed by atoms with Gasteiger partial charge in [-0.15, -0.1) is 0 Å². The van der Waals surface area contributed by atoms with Crippen LogP contribution in [0.3, 0.4) is 0 Å². The second-order valence-corrected chi connectivity index (χ2v) is 20.3. The number of carbonyl (C=O) groups is 4. The first kappa shape index (κ1) is 67.7. The number of esters is 3. The van der Waals surface area contributed by atoms with Crippen molar-refractivity contribution in [2.45, 2.75) is 302 Å². The number of hydrogen-bond acceptors (Lipinski definition) is 11. The molecule has 73 heavy (non-hydrogen) atoms. The topological polar surface area (TPSA) is 175 Å². The Morgan fingerprint density at radius 3 is 1.32 bits per heavy atom. The van der Waals surface area contributed by atoms with Crippen molar-refractivity contribution in [2.75, 3.05) is 13.2 Å². The highest BCUT2D eigenvalue weighted by atomic mass is 16.7. The Balaban J connectivity index is 2.64. The van der Waals surface area contributed by atoms with E-state index in [-0.39, 0.29) is 25.9 Å². The van der Waals surface area contributed by atoms with Crippen LogP contribution in [0.2, 0.25) is 0 Å². The van der Waals surface area contributed by atoms with Crippen LogP contribution in [0.4, 0.5) is 0 Å². The van der Waals surface area contributed by atoms with E-state index in [9.17, 15) is 34.5 Å². The van der Waals surface area contributed by atoms with Crippen molar-refractivity contribution < 1.29 is 58.2 Å². The first-order valence-corrected chi connectivity index (χ1v) is 29.6. The van der Waals surface area contributed by atoms with Crippen molar-refractivity contribution in [3.8, 4) is 0 Å². The Kier molecular flexibility index (Phi) is 45.9. The molecule has 1 saturated heterocycles. The molecule has 6 atom stereocenters. The lowest BCUT2D eigenvalue weighted by molar-refractivity contribution is -0.301. The maximum atomic E-state index is 13.1. The maximum Gasteiger partial charge on any atom is 0.335 e. The van der Waals surface area contributed by atoms with Crippen LogP contribution in [0.1, 0.15) is 265 Å². The fourth-order valence-corrected chi connectivity index (χ4v) is 8.89. The van der Waals surface area contributed by atoms with Gasteiger partial charge in [0.05, 0.1) is 6.61 Å². The lowest BCUT2D eigenvalue weighted by atomic mass is 9.98. The van der Waals surface area contributed by atoms with Crippen LogP contribution in [0.5, 0.6) is 0 Å². The van der Waals surface area contributed by atoms with Crippen LogP contribution < -0.4 is 0 Å². The highest BCUT2D eigenvalue weighted by molar-refractivity contribution is 5.74. The van der Waals surface area contributed by atoms with Gasteiger partial charge in [0.2, 0.25) is 0 Å². The zero-order chi connectivity index (χ0) is 53.3. The Morgan fingerprint density at radius 1 is 0.466 bits per heavy atom. The van der Waals surface area contributed by atoms with Crippen LogP contribution >= 0.6 is 0 Å². The maximum absolute atomic E-state index is 13.1. The number of aliphatic carboxylic acids is 1. The summed E-state index contributed by atoms with van der Waals surface area (Å²) in [6.45, 7) is 5.86. The van der Waals surface area contributed by atoms with E-state index in [2.05, 4.69) is 69.4 Å². The molecule has 0 spiro atoms. The van der Waals surface area contributed by atoms with E-state index in [0.29, 0.717) is 19.3 Å². The predicted octanol–water partition coefficient (Wildman–Crippen LogP) is 15.0. The summed E-state index contributed by atoms with van der Waals surface area (Å²) in [5, 5.41) is 31.4. The van der Waals surface area contributed by atoms with Crippen LogP contribution in [-0.2, 0) is 42.9 Å². The molecule has 1 aliphatic heterocycles. The fraction of sp³-hybridized carbons (Fsp3) is 0.803. The molecule has 422 valence electrons. The van der Waals surface area contributed by atoms with Crippen molar-refractivity contribution in [2.24, 2.45) is 0 Å². The van der Waals surface area contributed by atoms with E-state index in [4.69, 9.17) is 23.7 Å². The van der Waals surface area contributed by atoms with Crippen molar-refractivity contribution in [3.63, 3.8) is 0 Å². The van der Waals surface area contributed by atoms with Crippen molar-refractivity contribution in [1.82, 2.24) is 0 Å². The van der Waals surface area contributed by atoms with Gasteiger partial charge in [0, 0.05) is 19.3 Å². The fourth-order valence-electron chi connectivity index (χ4n) is 8.89. The van der Waals surface area contributed by atoms with Crippen LogP contribution in [0.15, 0.2) is 48.6 Å². The third-order valence-corrected chi connectivity index (χ3v) is 13.4. The monoisotopic (exact) mass is 1030 g/mol. The number of carboxylic acid groups (broad SMARTS) is 1. The van der Waals surface area contributed by atoms with Gasteiger partial charge in [0.25, 0.3) is 0 Å². The molecule has 1 aliphatic rings. The molecule has 0 aromatic carbocycles. The second-order valence-electron chi connectivity index (χ2n) is 20.3. The minimum absolute atomic E-state index is 0.0346. The number of unbranched alkanes of at least 4 members (excludes halogenated alkanes) is 28. The summed E-state index contributed by atoms with van der Waals surface area (Å²) in [4.78, 5) is 51.0. The first-order chi connectivity index (χ1) is 35.6. The third-order valence-electron chi connectivity index (χ3n) is 13.4. The lowest BCUT2D eigenvalue weighted by Crippen LogP contribution is -2.61. The van der Waals surface area contributed by atoms with Crippen LogP contribution in [0.25, 0.3) is 0 Å². The molecule has 12 nitrogen and oxygen atoms in total. The molecular formula is C61H106O12. The van der Waals surface area contributed by atoms with E-state index < -0.39 is 67.3 Å². The smallest absolute Gasteiger partial charge is 0.335 e. The van der Waals surface area contributed by atoms with Crippen molar-refractivity contribution in [3.05, 3.63) is 48.6 Å². The largest absolute Gasteiger partial charge is 0.479 e. The first-order valence-electron chi connectivity index (χ1n) is 29.6. The normalized spacial score (nSPS) is 18.6. The Labute approximate surface area is 443 Å². The highest BCUT2D eigenvalue weighted by Crippen LogP contribution is 2.26. The number of rotatable bonds is 50. The molecule has 0 aromatic rings. The number of allylic oxidation sites excluding steroid dienone is 8. The molecule has 1 fully saturated rings. The minimum Gasteiger partial charge on any atom is -0.479 e. The van der Waals surface area contributed by atoms with Gasteiger partial charge in [-0.2, -0.15) is 0 Å². The van der Waals surface area contributed by atoms with Crippen LogP contribution in [-0.4, -0.2) is 89.2 Å². The standard InChI is InChI=1S/C61H106O12/c1-4-7-10-13-16-19-21-23-25-27-29-31-33-36-38-41-44-47-53(62)69-50-52(71-54(63)48-45-42-39-35-18-15-12-9-6-3)51-70-61-59(57(66)56(65)58(73-61)60(67)68)72-55(64)49-46-43-40-37-34-32-30-28-26-24-22-20-17-14-11-8-5-2/h8,11,17,20,24,26,30,32,52,56-59,61,65-66H,4-7,9-10,12-16,18-19,21-23,25,27-29,31,33-51H2,1-3H3,(H,67,68)/b11-8-,20-17-,26-24-,32-30-. The number of hydrogen-bond donors (Lipinski definition) is 3. The van der Waals surface area contributed by atoms with Gasteiger partial charge in [-0.25, -0.2) is 4.79 Å². The molecule has 0 amide bonds. The summed E-state index contributed by atoms with van der Waals surface area (Å²) in [7, 11) is 0. The van der Waals surface area contributed by atoms with Crippen LogP contribution in [0, 0.1) is 0 Å². The molecule has 1 rings (SSSR count). The predicted molar refractivity (Wildman–Crippen MR) is 294 cm³/mol. The molecule has 0 aromatic heterocycles. The average molecular weight is 1030 g/mol. The summed E-state index contributed by atoms with van der Waals surface area (Å²) < 4.78 is 28.4. The van der Waals surface area contributed by atoms with Gasteiger partial charge in [0.15, 0.2) is 24.6 Å². The van der Waals surface area contributed by atoms with E-state index in [1.54, 1.807) is 0 Å². The summed E-state index contributed by atoms with van der Waals surface area (Å²) >= 11 is 0. The summed E-state index contributed by atoms with van der Waals surface area (Å²) in [5.74, 6) is -3.13. The molecule has 12 heteroatoms. The van der Waals surface area contributed by atoms with E-state index >= 15 is 0 Å². The zero-order valence-corrected chi connectivity index (χ0v) is 46.4.